The van der Waals surface area contributed by atoms with Gasteiger partial charge in [-0.05, 0) is 49.5 Å². The summed E-state index contributed by atoms with van der Waals surface area (Å²) in [5.41, 5.74) is 0. The molecule has 0 spiro atoms. The quantitative estimate of drug-likeness (QED) is 0.871. The Hall–Kier alpha value is -0.410. The van der Waals surface area contributed by atoms with Crippen molar-refractivity contribution in [3.8, 4) is 0 Å². The number of hydrogen-bond acceptors (Lipinski definition) is 3. The second kappa shape index (κ2) is 6.67. The fraction of sp³-hybridized carbons (Fsp3) is 0.733. The Bertz CT molecular complexity index is 353. The van der Waals surface area contributed by atoms with Gasteiger partial charge in [-0.15, -0.1) is 0 Å². The van der Waals surface area contributed by atoms with Gasteiger partial charge in [0, 0.05) is 6.04 Å². The smallest absolute Gasteiger partial charge is 0.118 e. The molecule has 0 bridgehead atoms. The van der Waals surface area contributed by atoms with Crippen molar-refractivity contribution in [2.24, 2.45) is 11.8 Å². The molecule has 1 aromatic heterocycles. The Balaban J connectivity index is 1.79. The highest BCUT2D eigenvalue weighted by Crippen LogP contribution is 2.28. The van der Waals surface area contributed by atoms with E-state index in [1.165, 1.54) is 19.3 Å². The fourth-order valence-electron chi connectivity index (χ4n) is 3.10. The monoisotopic (exact) mass is 267 g/mol. The van der Waals surface area contributed by atoms with E-state index in [1.807, 2.05) is 0 Å². The van der Waals surface area contributed by atoms with Crippen LogP contribution in [0.1, 0.15) is 44.6 Å². The fourth-order valence-corrected chi connectivity index (χ4v) is 3.54. The first-order valence-corrected chi connectivity index (χ1v) is 8.36. The third kappa shape index (κ3) is 4.06. The second-order valence-electron chi connectivity index (χ2n) is 5.80. The van der Waals surface area contributed by atoms with Gasteiger partial charge in [0.05, 0.1) is 12.3 Å². The third-order valence-corrected chi connectivity index (χ3v) is 4.32. The zero-order valence-corrected chi connectivity index (χ0v) is 12.6. The maximum Gasteiger partial charge on any atom is 0.118 e. The molecular formula is C15H25NOS. The average Bonchev–Trinajstić information content (AvgIpc) is 2.74. The summed E-state index contributed by atoms with van der Waals surface area (Å²) < 4.78 is 5.79. The molecule has 2 atom stereocenters. The molecule has 1 saturated carbocycles. The predicted octanol–water partition coefficient (Wildman–Crippen LogP) is 4.06. The summed E-state index contributed by atoms with van der Waals surface area (Å²) in [4.78, 5) is 0. The van der Waals surface area contributed by atoms with Gasteiger partial charge in [0.2, 0.25) is 0 Å². The highest BCUT2D eigenvalue weighted by Gasteiger charge is 2.23. The van der Waals surface area contributed by atoms with Gasteiger partial charge in [-0.2, -0.15) is 11.8 Å². The molecule has 0 aliphatic heterocycles. The largest absolute Gasteiger partial charge is 0.464 e. The van der Waals surface area contributed by atoms with Crippen molar-refractivity contribution in [1.29, 1.82) is 0 Å². The minimum atomic E-state index is 0.665. The molecular weight excluding hydrogens is 242 g/mol. The van der Waals surface area contributed by atoms with E-state index in [0.717, 1.165) is 35.7 Å². The van der Waals surface area contributed by atoms with Crippen LogP contribution >= 0.6 is 11.8 Å². The zero-order chi connectivity index (χ0) is 13.0. The molecule has 1 aromatic rings. The molecule has 1 aliphatic carbocycles. The molecule has 3 heteroatoms. The van der Waals surface area contributed by atoms with E-state index >= 15 is 0 Å². The van der Waals surface area contributed by atoms with E-state index < -0.39 is 0 Å². The lowest BCUT2D eigenvalue weighted by molar-refractivity contribution is 0.234. The van der Waals surface area contributed by atoms with Crippen molar-refractivity contribution in [1.82, 2.24) is 5.32 Å². The second-order valence-corrected chi connectivity index (χ2v) is 6.66. The predicted molar refractivity (Wildman–Crippen MR) is 78.7 cm³/mol. The highest BCUT2D eigenvalue weighted by atomic mass is 32.2. The molecule has 0 saturated heterocycles. The van der Waals surface area contributed by atoms with Crippen molar-refractivity contribution < 1.29 is 4.42 Å². The Labute approximate surface area is 115 Å². The minimum Gasteiger partial charge on any atom is -0.464 e. The van der Waals surface area contributed by atoms with Crippen LogP contribution in [0.4, 0.5) is 0 Å². The summed E-state index contributed by atoms with van der Waals surface area (Å²) in [6.45, 7) is 5.61. The summed E-state index contributed by atoms with van der Waals surface area (Å²) in [6.07, 6.45) is 6.10. The molecule has 0 radical (unpaired) electrons. The van der Waals surface area contributed by atoms with Crippen LogP contribution in [0.3, 0.4) is 0 Å². The van der Waals surface area contributed by atoms with Gasteiger partial charge in [0.1, 0.15) is 11.5 Å². The number of thioether (sulfide) groups is 1. The Morgan fingerprint density at radius 1 is 1.17 bits per heavy atom. The maximum atomic E-state index is 5.79. The van der Waals surface area contributed by atoms with E-state index in [4.69, 9.17) is 4.42 Å². The van der Waals surface area contributed by atoms with Crippen molar-refractivity contribution >= 4 is 11.8 Å². The van der Waals surface area contributed by atoms with Crippen molar-refractivity contribution in [3.63, 3.8) is 0 Å². The van der Waals surface area contributed by atoms with Crippen LogP contribution in [0.2, 0.25) is 0 Å². The molecule has 0 amide bonds. The molecule has 18 heavy (non-hydrogen) atoms. The molecule has 102 valence electrons. The molecule has 1 aliphatic rings. The summed E-state index contributed by atoms with van der Waals surface area (Å²) in [7, 11) is 0. The van der Waals surface area contributed by atoms with Crippen LogP contribution in [0, 0.1) is 11.8 Å². The van der Waals surface area contributed by atoms with E-state index in [-0.39, 0.29) is 0 Å². The van der Waals surface area contributed by atoms with Crippen LogP contribution in [-0.4, -0.2) is 12.3 Å². The summed E-state index contributed by atoms with van der Waals surface area (Å²) >= 11 is 1.80. The van der Waals surface area contributed by atoms with E-state index in [0.29, 0.717) is 6.04 Å². The number of rotatable bonds is 5. The van der Waals surface area contributed by atoms with Crippen molar-refractivity contribution in [2.75, 3.05) is 6.26 Å². The lowest BCUT2D eigenvalue weighted by Crippen LogP contribution is -2.35. The molecule has 1 heterocycles. The minimum absolute atomic E-state index is 0.665. The number of hydrogen-bond donors (Lipinski definition) is 1. The van der Waals surface area contributed by atoms with Gasteiger partial charge in [-0.3, -0.25) is 0 Å². The van der Waals surface area contributed by atoms with Crippen LogP contribution in [0.5, 0.6) is 0 Å². The van der Waals surface area contributed by atoms with E-state index in [9.17, 15) is 0 Å². The Kier molecular flexibility index (Phi) is 5.19. The van der Waals surface area contributed by atoms with E-state index in [1.54, 1.807) is 11.8 Å². The van der Waals surface area contributed by atoms with Crippen molar-refractivity contribution in [3.05, 3.63) is 23.7 Å². The van der Waals surface area contributed by atoms with Gasteiger partial charge in [-0.1, -0.05) is 13.8 Å². The van der Waals surface area contributed by atoms with Gasteiger partial charge < -0.3 is 9.73 Å². The molecule has 1 fully saturated rings. The van der Waals surface area contributed by atoms with Crippen LogP contribution in [0.25, 0.3) is 0 Å². The van der Waals surface area contributed by atoms with Crippen LogP contribution in [0.15, 0.2) is 16.5 Å². The summed E-state index contributed by atoms with van der Waals surface area (Å²) in [5.74, 6) is 4.84. The molecule has 2 unspecified atom stereocenters. The first kappa shape index (κ1) is 14.0. The van der Waals surface area contributed by atoms with Crippen LogP contribution in [-0.2, 0) is 12.3 Å². The molecule has 0 aromatic carbocycles. The highest BCUT2D eigenvalue weighted by molar-refractivity contribution is 7.97. The molecule has 1 N–H and O–H groups in total. The van der Waals surface area contributed by atoms with Gasteiger partial charge in [0.15, 0.2) is 0 Å². The van der Waals surface area contributed by atoms with Gasteiger partial charge in [-0.25, -0.2) is 0 Å². The third-order valence-electron chi connectivity index (χ3n) is 3.75. The Morgan fingerprint density at radius 2 is 1.83 bits per heavy atom. The van der Waals surface area contributed by atoms with Crippen LogP contribution < -0.4 is 5.32 Å². The summed E-state index contributed by atoms with van der Waals surface area (Å²) in [6, 6.07) is 4.87. The standard InChI is InChI=1S/C15H25NOS/c1-11-6-12(2)8-13(7-11)16-9-14-4-5-15(17-14)10-18-3/h4-5,11-13,16H,6-10H2,1-3H3. The normalized spacial score (nSPS) is 28.5. The van der Waals surface area contributed by atoms with Crippen molar-refractivity contribution in [2.45, 2.75) is 51.4 Å². The molecule has 2 nitrogen and oxygen atoms in total. The maximum absolute atomic E-state index is 5.79. The SMILES string of the molecule is CSCc1ccc(CNC2CC(C)CC(C)C2)o1. The van der Waals surface area contributed by atoms with Gasteiger partial charge >= 0.3 is 0 Å². The number of nitrogens with one attached hydrogen (secondary N) is 1. The van der Waals surface area contributed by atoms with E-state index in [2.05, 4.69) is 37.6 Å². The first-order chi connectivity index (χ1) is 8.67. The lowest BCUT2D eigenvalue weighted by atomic mass is 9.80. The average molecular weight is 267 g/mol. The number of furan rings is 1. The topological polar surface area (TPSA) is 25.2 Å². The molecule has 2 rings (SSSR count). The first-order valence-electron chi connectivity index (χ1n) is 6.97. The lowest BCUT2D eigenvalue weighted by Gasteiger charge is -2.31. The van der Waals surface area contributed by atoms with Gasteiger partial charge in [0.25, 0.3) is 0 Å². The zero-order valence-electron chi connectivity index (χ0n) is 11.7. The summed E-state index contributed by atoms with van der Waals surface area (Å²) in [5, 5.41) is 3.65. The Morgan fingerprint density at radius 3 is 2.50 bits per heavy atom.